The summed E-state index contributed by atoms with van der Waals surface area (Å²) < 4.78 is 0. The van der Waals surface area contributed by atoms with Crippen molar-refractivity contribution >= 4 is 5.78 Å². The van der Waals surface area contributed by atoms with Crippen molar-refractivity contribution in [2.75, 3.05) is 0 Å². The lowest BCUT2D eigenvalue weighted by Gasteiger charge is -2.58. The van der Waals surface area contributed by atoms with Gasteiger partial charge in [-0.2, -0.15) is 0 Å². The summed E-state index contributed by atoms with van der Waals surface area (Å²) in [7, 11) is 0. The van der Waals surface area contributed by atoms with Crippen molar-refractivity contribution in [3.05, 3.63) is 35.9 Å². The van der Waals surface area contributed by atoms with Crippen LogP contribution in [0.2, 0.25) is 0 Å². The van der Waals surface area contributed by atoms with Crippen molar-refractivity contribution in [3.63, 3.8) is 0 Å². The number of Topliss-reactive ketones (excluding diaryl/α,β-unsaturated/α-hetero) is 1. The van der Waals surface area contributed by atoms with Gasteiger partial charge in [0.05, 0.1) is 0 Å². The summed E-state index contributed by atoms with van der Waals surface area (Å²) in [4.78, 5) is 12.3. The number of hydrogen-bond donors (Lipinski definition) is 1. The molecule has 0 radical (unpaired) electrons. The summed E-state index contributed by atoms with van der Waals surface area (Å²) in [5.74, 6) is 0.165. The molecule has 1 N–H and O–H groups in total. The smallest absolute Gasteiger partial charge is 0.173 e. The SMILES string of the molecule is CC(C)C1C(=O)[C@@](O)(c2ccccc2)C1(C)C. The van der Waals surface area contributed by atoms with Crippen LogP contribution >= 0.6 is 0 Å². The zero-order valence-corrected chi connectivity index (χ0v) is 10.9. The molecule has 1 unspecified atom stereocenters. The first-order valence-electron chi connectivity index (χ1n) is 6.15. The van der Waals surface area contributed by atoms with Gasteiger partial charge >= 0.3 is 0 Å². The molecule has 1 aromatic carbocycles. The second kappa shape index (κ2) is 3.67. The minimum absolute atomic E-state index is 0.0382. The van der Waals surface area contributed by atoms with E-state index in [9.17, 15) is 9.90 Å². The van der Waals surface area contributed by atoms with E-state index in [1.807, 2.05) is 58.0 Å². The lowest BCUT2D eigenvalue weighted by atomic mass is 9.46. The molecule has 2 rings (SSSR count). The van der Waals surface area contributed by atoms with E-state index in [2.05, 4.69) is 0 Å². The highest BCUT2D eigenvalue weighted by Gasteiger charge is 2.68. The maximum atomic E-state index is 12.3. The molecule has 2 nitrogen and oxygen atoms in total. The Labute approximate surface area is 103 Å². The van der Waals surface area contributed by atoms with Gasteiger partial charge in [0, 0.05) is 11.3 Å². The van der Waals surface area contributed by atoms with E-state index in [1.54, 1.807) is 0 Å². The minimum atomic E-state index is -1.32. The Morgan fingerprint density at radius 2 is 1.71 bits per heavy atom. The third kappa shape index (κ3) is 1.40. The molecule has 1 aliphatic rings. The molecule has 0 amide bonds. The van der Waals surface area contributed by atoms with E-state index < -0.39 is 11.0 Å². The van der Waals surface area contributed by atoms with E-state index in [0.29, 0.717) is 5.56 Å². The topological polar surface area (TPSA) is 37.3 Å². The van der Waals surface area contributed by atoms with Gasteiger partial charge in [-0.05, 0) is 11.5 Å². The summed E-state index contributed by atoms with van der Waals surface area (Å²) in [5.41, 5.74) is -1.00. The lowest BCUT2D eigenvalue weighted by Crippen LogP contribution is -2.68. The predicted octanol–water partition coefficient (Wildman–Crippen LogP) is 2.76. The van der Waals surface area contributed by atoms with Crippen molar-refractivity contribution < 1.29 is 9.90 Å². The largest absolute Gasteiger partial charge is 0.377 e. The molecule has 92 valence electrons. The Morgan fingerprint density at radius 3 is 2.12 bits per heavy atom. The number of rotatable bonds is 2. The zero-order valence-electron chi connectivity index (χ0n) is 10.9. The molecule has 1 fully saturated rings. The molecular formula is C15H20O2. The molecule has 0 bridgehead atoms. The first-order chi connectivity index (χ1) is 7.83. The number of ketones is 1. The van der Waals surface area contributed by atoms with Crippen LogP contribution < -0.4 is 0 Å². The van der Waals surface area contributed by atoms with Crippen molar-refractivity contribution in [2.45, 2.75) is 33.3 Å². The number of aliphatic hydroxyl groups is 1. The average molecular weight is 232 g/mol. The van der Waals surface area contributed by atoms with Crippen LogP contribution in [0, 0.1) is 17.3 Å². The van der Waals surface area contributed by atoms with Crippen LogP contribution in [0.4, 0.5) is 0 Å². The van der Waals surface area contributed by atoms with E-state index in [4.69, 9.17) is 0 Å². The zero-order chi connectivity index (χ0) is 12.8. The molecule has 0 saturated heterocycles. The summed E-state index contributed by atoms with van der Waals surface area (Å²) in [6, 6.07) is 9.27. The number of carbonyl (C=O) groups excluding carboxylic acids is 1. The number of carbonyl (C=O) groups is 1. The highest BCUT2D eigenvalue weighted by Crippen LogP contribution is 2.59. The van der Waals surface area contributed by atoms with Gasteiger partial charge in [-0.3, -0.25) is 4.79 Å². The maximum Gasteiger partial charge on any atom is 0.173 e. The second-order valence-corrected chi connectivity index (χ2v) is 5.88. The monoisotopic (exact) mass is 232 g/mol. The fraction of sp³-hybridized carbons (Fsp3) is 0.533. The maximum absolute atomic E-state index is 12.3. The van der Waals surface area contributed by atoms with E-state index >= 15 is 0 Å². The molecule has 0 heterocycles. The van der Waals surface area contributed by atoms with Gasteiger partial charge in [-0.15, -0.1) is 0 Å². The molecule has 1 aromatic rings. The van der Waals surface area contributed by atoms with Gasteiger partial charge in [0.2, 0.25) is 0 Å². The molecule has 2 atom stereocenters. The lowest BCUT2D eigenvalue weighted by molar-refractivity contribution is -0.207. The third-order valence-electron chi connectivity index (χ3n) is 4.21. The predicted molar refractivity (Wildman–Crippen MR) is 67.5 cm³/mol. The van der Waals surface area contributed by atoms with Crippen molar-refractivity contribution in [2.24, 2.45) is 17.3 Å². The van der Waals surface area contributed by atoms with Gasteiger partial charge in [0.25, 0.3) is 0 Å². The number of hydrogen-bond acceptors (Lipinski definition) is 2. The Kier molecular flexibility index (Phi) is 2.66. The van der Waals surface area contributed by atoms with Gasteiger partial charge in [-0.1, -0.05) is 58.0 Å². The molecule has 0 aromatic heterocycles. The van der Waals surface area contributed by atoms with Gasteiger partial charge < -0.3 is 5.11 Å². The Balaban J connectivity index is 2.45. The Bertz CT molecular complexity index is 433. The standard InChI is InChI=1S/C15H20O2/c1-10(2)12-13(16)15(17,14(12,3)4)11-8-6-5-7-9-11/h5-10,12,17H,1-4H3/t12?,15-/m0/s1. The first kappa shape index (κ1) is 12.3. The molecule has 0 aliphatic heterocycles. The summed E-state index contributed by atoms with van der Waals surface area (Å²) >= 11 is 0. The van der Waals surface area contributed by atoms with Crippen LogP contribution in [-0.4, -0.2) is 10.9 Å². The van der Waals surface area contributed by atoms with Gasteiger partial charge in [0.1, 0.15) is 0 Å². The second-order valence-electron chi connectivity index (χ2n) is 5.88. The van der Waals surface area contributed by atoms with Crippen molar-refractivity contribution in [3.8, 4) is 0 Å². The quantitative estimate of drug-likeness (QED) is 0.851. The molecular weight excluding hydrogens is 212 g/mol. The van der Waals surface area contributed by atoms with Crippen molar-refractivity contribution in [1.82, 2.24) is 0 Å². The van der Waals surface area contributed by atoms with Crippen LogP contribution in [0.25, 0.3) is 0 Å². The first-order valence-corrected chi connectivity index (χ1v) is 6.15. The molecule has 0 spiro atoms. The highest BCUT2D eigenvalue weighted by atomic mass is 16.3. The van der Waals surface area contributed by atoms with Crippen LogP contribution in [-0.2, 0) is 10.4 Å². The van der Waals surface area contributed by atoms with E-state index in [-0.39, 0.29) is 17.6 Å². The van der Waals surface area contributed by atoms with Crippen LogP contribution in [0.1, 0.15) is 33.3 Å². The van der Waals surface area contributed by atoms with Crippen molar-refractivity contribution in [1.29, 1.82) is 0 Å². The summed E-state index contributed by atoms with van der Waals surface area (Å²) in [6.07, 6.45) is 0. The number of benzene rings is 1. The van der Waals surface area contributed by atoms with Crippen LogP contribution in [0.3, 0.4) is 0 Å². The fourth-order valence-corrected chi connectivity index (χ4v) is 3.35. The third-order valence-corrected chi connectivity index (χ3v) is 4.21. The molecule has 2 heteroatoms. The highest BCUT2D eigenvalue weighted by molar-refractivity contribution is 5.98. The summed E-state index contributed by atoms with van der Waals surface area (Å²) in [6.45, 7) is 8.03. The summed E-state index contributed by atoms with van der Waals surface area (Å²) in [5, 5.41) is 10.7. The van der Waals surface area contributed by atoms with E-state index in [0.717, 1.165) is 0 Å². The molecule has 17 heavy (non-hydrogen) atoms. The average Bonchev–Trinajstić information content (AvgIpc) is 2.28. The normalized spacial score (nSPS) is 31.4. The minimum Gasteiger partial charge on any atom is -0.377 e. The molecule has 1 saturated carbocycles. The fourth-order valence-electron chi connectivity index (χ4n) is 3.35. The van der Waals surface area contributed by atoms with Gasteiger partial charge in [-0.25, -0.2) is 0 Å². The Morgan fingerprint density at radius 1 is 1.18 bits per heavy atom. The van der Waals surface area contributed by atoms with E-state index in [1.165, 1.54) is 0 Å². The Hall–Kier alpha value is -1.15. The van der Waals surface area contributed by atoms with Gasteiger partial charge in [0.15, 0.2) is 11.4 Å². The van der Waals surface area contributed by atoms with Crippen LogP contribution in [0.5, 0.6) is 0 Å². The molecule has 1 aliphatic carbocycles. The van der Waals surface area contributed by atoms with Crippen LogP contribution in [0.15, 0.2) is 30.3 Å².